The van der Waals surface area contributed by atoms with E-state index in [1.54, 1.807) is 11.3 Å². The van der Waals surface area contributed by atoms with Crippen LogP contribution in [0, 0.1) is 6.92 Å². The molecule has 4 rings (SSSR count). The lowest BCUT2D eigenvalue weighted by Gasteiger charge is -2.21. The zero-order valence-electron chi connectivity index (χ0n) is 17.9. The van der Waals surface area contributed by atoms with Crippen molar-refractivity contribution in [3.8, 4) is 11.1 Å². The molecule has 2 heterocycles. The van der Waals surface area contributed by atoms with Gasteiger partial charge in [0, 0.05) is 23.2 Å². The largest absolute Gasteiger partial charge is 0.351 e. The summed E-state index contributed by atoms with van der Waals surface area (Å²) in [6.45, 7) is 8.35. The van der Waals surface area contributed by atoms with Crippen molar-refractivity contribution in [2.75, 3.05) is 5.32 Å². The smallest absolute Gasteiger partial charge is 0.223 e. The van der Waals surface area contributed by atoms with Crippen molar-refractivity contribution in [1.29, 1.82) is 0 Å². The Hall–Kier alpha value is -2.76. The quantitative estimate of drug-likeness (QED) is 0.410. The predicted molar refractivity (Wildman–Crippen MR) is 128 cm³/mol. The Morgan fingerprint density at radius 2 is 1.97 bits per heavy atom. The molecule has 0 aliphatic rings. The maximum absolute atomic E-state index is 6.25. The molecule has 0 saturated heterocycles. The summed E-state index contributed by atoms with van der Waals surface area (Å²) in [5, 5.41) is 8.86. The van der Waals surface area contributed by atoms with Gasteiger partial charge in [-0.25, -0.2) is 9.97 Å². The van der Waals surface area contributed by atoms with Gasteiger partial charge in [-0.3, -0.25) is 0 Å². The molecule has 1 atom stereocenters. The van der Waals surface area contributed by atoms with Crippen LogP contribution in [-0.4, -0.2) is 16.0 Å². The SMILES string of the molecule is Cc1cscc1-c1ccc2nc(N[C@@H](C)Cc3cccc(C(C)(C)N)c3)ncc2c1. The highest BCUT2D eigenvalue weighted by molar-refractivity contribution is 7.08. The van der Waals surface area contributed by atoms with Gasteiger partial charge in [-0.15, -0.1) is 0 Å². The van der Waals surface area contributed by atoms with Crippen LogP contribution >= 0.6 is 11.3 Å². The minimum atomic E-state index is -0.339. The van der Waals surface area contributed by atoms with E-state index in [0.29, 0.717) is 5.95 Å². The number of thiophene rings is 1. The van der Waals surface area contributed by atoms with E-state index in [9.17, 15) is 0 Å². The van der Waals surface area contributed by atoms with E-state index in [0.717, 1.165) is 22.9 Å². The Morgan fingerprint density at radius 3 is 2.70 bits per heavy atom. The number of anilines is 1. The van der Waals surface area contributed by atoms with E-state index in [1.165, 1.54) is 22.3 Å². The van der Waals surface area contributed by atoms with E-state index in [-0.39, 0.29) is 11.6 Å². The standard InChI is InChI=1S/C25H28N4S/c1-16-14-30-15-22(16)19-8-9-23-20(12-19)13-27-24(29-23)28-17(2)10-18-6-5-7-21(11-18)25(3,4)26/h5-9,11-15,17H,10,26H2,1-4H3,(H,27,28,29)/t17-/m0/s1. The minimum Gasteiger partial charge on any atom is -0.351 e. The third-order valence-corrected chi connectivity index (χ3v) is 6.20. The van der Waals surface area contributed by atoms with Crippen LogP contribution in [0.1, 0.15) is 37.5 Å². The van der Waals surface area contributed by atoms with E-state index < -0.39 is 0 Å². The van der Waals surface area contributed by atoms with Crippen LogP contribution in [0.3, 0.4) is 0 Å². The molecule has 4 aromatic rings. The summed E-state index contributed by atoms with van der Waals surface area (Å²) in [5.41, 5.74) is 13.0. The Balaban J connectivity index is 1.49. The molecular formula is C25H28N4S. The normalized spacial score (nSPS) is 12.8. The lowest BCUT2D eigenvalue weighted by molar-refractivity contribution is 0.553. The van der Waals surface area contributed by atoms with Crippen LogP contribution < -0.4 is 11.1 Å². The summed E-state index contributed by atoms with van der Waals surface area (Å²) in [7, 11) is 0. The molecule has 5 heteroatoms. The predicted octanol–water partition coefficient (Wildman–Crippen LogP) is 5.90. The highest BCUT2D eigenvalue weighted by Gasteiger charge is 2.15. The van der Waals surface area contributed by atoms with Crippen LogP contribution in [-0.2, 0) is 12.0 Å². The summed E-state index contributed by atoms with van der Waals surface area (Å²) in [5.74, 6) is 0.657. The first-order chi connectivity index (χ1) is 14.3. The molecule has 30 heavy (non-hydrogen) atoms. The number of fused-ring (bicyclic) bond motifs is 1. The number of nitrogens with two attached hydrogens (primary N) is 1. The number of aromatic nitrogens is 2. The zero-order valence-corrected chi connectivity index (χ0v) is 18.8. The van der Waals surface area contributed by atoms with Crippen molar-refractivity contribution in [3.05, 3.63) is 76.1 Å². The van der Waals surface area contributed by atoms with E-state index in [4.69, 9.17) is 10.7 Å². The van der Waals surface area contributed by atoms with Crippen molar-refractivity contribution in [2.24, 2.45) is 5.73 Å². The highest BCUT2D eigenvalue weighted by atomic mass is 32.1. The van der Waals surface area contributed by atoms with Gasteiger partial charge < -0.3 is 11.1 Å². The lowest BCUT2D eigenvalue weighted by Crippen LogP contribution is -2.29. The number of hydrogen-bond acceptors (Lipinski definition) is 5. The Bertz CT molecular complexity index is 1170. The molecule has 2 aromatic heterocycles. The minimum absolute atomic E-state index is 0.200. The molecule has 0 amide bonds. The second kappa shape index (κ2) is 8.17. The Kier molecular flexibility index (Phi) is 5.58. The van der Waals surface area contributed by atoms with E-state index in [1.807, 2.05) is 20.0 Å². The van der Waals surface area contributed by atoms with Crippen molar-refractivity contribution >= 4 is 28.2 Å². The third-order valence-electron chi connectivity index (χ3n) is 5.33. The molecule has 0 fully saturated rings. The van der Waals surface area contributed by atoms with Crippen molar-refractivity contribution < 1.29 is 0 Å². The first-order valence-electron chi connectivity index (χ1n) is 10.2. The topological polar surface area (TPSA) is 63.8 Å². The van der Waals surface area contributed by atoms with Gasteiger partial charge in [0.05, 0.1) is 5.52 Å². The Labute approximate surface area is 182 Å². The van der Waals surface area contributed by atoms with Gasteiger partial charge in [-0.2, -0.15) is 11.3 Å². The highest BCUT2D eigenvalue weighted by Crippen LogP contribution is 2.29. The van der Waals surface area contributed by atoms with Crippen molar-refractivity contribution in [3.63, 3.8) is 0 Å². The average molecular weight is 417 g/mol. The molecule has 0 aliphatic heterocycles. The molecular weight excluding hydrogens is 388 g/mol. The molecule has 0 spiro atoms. The van der Waals surface area contributed by atoms with Crippen LogP contribution in [0.5, 0.6) is 0 Å². The maximum Gasteiger partial charge on any atom is 0.223 e. The molecule has 154 valence electrons. The molecule has 0 bridgehead atoms. The molecule has 2 aromatic carbocycles. The summed E-state index contributed by atoms with van der Waals surface area (Å²) >= 11 is 1.73. The van der Waals surface area contributed by atoms with Crippen LogP contribution in [0.25, 0.3) is 22.0 Å². The van der Waals surface area contributed by atoms with Crippen molar-refractivity contribution in [2.45, 2.75) is 45.7 Å². The van der Waals surface area contributed by atoms with Crippen LogP contribution in [0.15, 0.2) is 59.4 Å². The average Bonchev–Trinajstić information content (AvgIpc) is 3.13. The third kappa shape index (κ3) is 4.53. The number of benzene rings is 2. The molecule has 0 aliphatic carbocycles. The van der Waals surface area contributed by atoms with Gasteiger partial charge >= 0.3 is 0 Å². The maximum atomic E-state index is 6.25. The van der Waals surface area contributed by atoms with Gasteiger partial charge in [0.2, 0.25) is 5.95 Å². The monoisotopic (exact) mass is 416 g/mol. The summed E-state index contributed by atoms with van der Waals surface area (Å²) in [4.78, 5) is 9.27. The van der Waals surface area contributed by atoms with E-state index >= 15 is 0 Å². The summed E-state index contributed by atoms with van der Waals surface area (Å²) in [6.07, 6.45) is 2.78. The van der Waals surface area contributed by atoms with Gasteiger partial charge in [-0.05, 0) is 84.8 Å². The second-order valence-electron chi connectivity index (χ2n) is 8.61. The molecule has 0 saturated carbocycles. The molecule has 4 nitrogen and oxygen atoms in total. The fraction of sp³-hybridized carbons (Fsp3) is 0.280. The summed E-state index contributed by atoms with van der Waals surface area (Å²) in [6, 6.07) is 15.1. The van der Waals surface area contributed by atoms with Gasteiger partial charge in [0.25, 0.3) is 0 Å². The molecule has 3 N–H and O–H groups in total. The fourth-order valence-corrected chi connectivity index (χ4v) is 4.51. The van der Waals surface area contributed by atoms with Crippen LogP contribution in [0.4, 0.5) is 5.95 Å². The Morgan fingerprint density at radius 1 is 1.13 bits per heavy atom. The van der Waals surface area contributed by atoms with Gasteiger partial charge in [-0.1, -0.05) is 30.3 Å². The first kappa shape index (κ1) is 20.5. The first-order valence-corrected chi connectivity index (χ1v) is 11.2. The number of nitrogens with zero attached hydrogens (tertiary/aromatic N) is 2. The lowest BCUT2D eigenvalue weighted by atomic mass is 9.93. The number of aryl methyl sites for hydroxylation is 1. The number of nitrogens with one attached hydrogen (secondary N) is 1. The summed E-state index contributed by atoms with van der Waals surface area (Å²) < 4.78 is 0. The number of hydrogen-bond donors (Lipinski definition) is 2. The number of rotatable bonds is 6. The zero-order chi connectivity index (χ0) is 21.3. The van der Waals surface area contributed by atoms with Crippen LogP contribution in [0.2, 0.25) is 0 Å². The molecule has 0 unspecified atom stereocenters. The second-order valence-corrected chi connectivity index (χ2v) is 9.35. The molecule has 0 radical (unpaired) electrons. The van der Waals surface area contributed by atoms with Crippen molar-refractivity contribution in [1.82, 2.24) is 9.97 Å². The van der Waals surface area contributed by atoms with E-state index in [2.05, 4.69) is 77.4 Å². The van der Waals surface area contributed by atoms with Gasteiger partial charge in [0.1, 0.15) is 0 Å². The fourth-order valence-electron chi connectivity index (χ4n) is 3.65. The van der Waals surface area contributed by atoms with Gasteiger partial charge in [0.15, 0.2) is 0 Å².